The van der Waals surface area contributed by atoms with Gasteiger partial charge < -0.3 is 5.11 Å². The van der Waals surface area contributed by atoms with Crippen molar-refractivity contribution in [1.29, 1.82) is 0 Å². The Kier molecular flexibility index (Phi) is 4.24. The van der Waals surface area contributed by atoms with Crippen molar-refractivity contribution in [3.8, 4) is 5.75 Å². The lowest BCUT2D eigenvalue weighted by atomic mass is 10.2. The van der Waals surface area contributed by atoms with E-state index in [-0.39, 0.29) is 18.2 Å². The van der Waals surface area contributed by atoms with Crippen molar-refractivity contribution in [3.63, 3.8) is 0 Å². The molecular formula is C11H10BrN5O2. The van der Waals surface area contributed by atoms with E-state index in [1.165, 1.54) is 29.6 Å². The quantitative estimate of drug-likeness (QED) is 0.645. The summed E-state index contributed by atoms with van der Waals surface area (Å²) in [5.74, 6) is -0.256. The van der Waals surface area contributed by atoms with Crippen molar-refractivity contribution in [1.82, 2.24) is 20.2 Å². The molecule has 1 aromatic carbocycles. The molecule has 0 bridgehead atoms. The predicted octanol–water partition coefficient (Wildman–Crippen LogP) is 0.897. The number of nitrogens with zero attached hydrogens (tertiary/aromatic N) is 4. The maximum absolute atomic E-state index is 11.5. The van der Waals surface area contributed by atoms with Gasteiger partial charge in [-0.15, -0.1) is 0 Å². The van der Waals surface area contributed by atoms with E-state index in [0.717, 1.165) is 4.47 Å². The molecule has 98 valence electrons. The Bertz CT molecular complexity index is 597. The van der Waals surface area contributed by atoms with Gasteiger partial charge in [-0.05, 0) is 18.2 Å². The fraction of sp³-hybridized carbons (Fsp3) is 0.0909. The highest BCUT2D eigenvalue weighted by Gasteiger charge is 2.02. The molecule has 19 heavy (non-hydrogen) atoms. The second-order valence-electron chi connectivity index (χ2n) is 3.59. The first-order valence-corrected chi connectivity index (χ1v) is 6.07. The van der Waals surface area contributed by atoms with Gasteiger partial charge in [0.1, 0.15) is 24.9 Å². The zero-order valence-corrected chi connectivity index (χ0v) is 11.3. The highest BCUT2D eigenvalue weighted by atomic mass is 79.9. The summed E-state index contributed by atoms with van der Waals surface area (Å²) in [5.41, 5.74) is 2.83. The molecule has 1 heterocycles. The van der Waals surface area contributed by atoms with Gasteiger partial charge in [0, 0.05) is 10.0 Å². The van der Waals surface area contributed by atoms with Crippen LogP contribution in [0.1, 0.15) is 5.56 Å². The molecular weight excluding hydrogens is 314 g/mol. The van der Waals surface area contributed by atoms with E-state index >= 15 is 0 Å². The molecule has 0 radical (unpaired) electrons. The summed E-state index contributed by atoms with van der Waals surface area (Å²) in [6.45, 7) is 0.0296. The Morgan fingerprint density at radius 1 is 1.58 bits per heavy atom. The van der Waals surface area contributed by atoms with E-state index in [1.807, 2.05) is 0 Å². The molecule has 7 nitrogen and oxygen atoms in total. The number of halogens is 1. The van der Waals surface area contributed by atoms with Gasteiger partial charge in [-0.1, -0.05) is 15.9 Å². The van der Waals surface area contributed by atoms with E-state index < -0.39 is 0 Å². The van der Waals surface area contributed by atoms with Crippen LogP contribution in [0.25, 0.3) is 0 Å². The Morgan fingerprint density at radius 2 is 2.42 bits per heavy atom. The van der Waals surface area contributed by atoms with E-state index in [2.05, 4.69) is 36.5 Å². The van der Waals surface area contributed by atoms with Crippen molar-refractivity contribution >= 4 is 28.1 Å². The number of hydrogen-bond acceptors (Lipinski definition) is 5. The molecule has 0 fully saturated rings. The maximum Gasteiger partial charge on any atom is 0.261 e. The lowest BCUT2D eigenvalue weighted by Gasteiger charge is -2.01. The maximum atomic E-state index is 11.5. The summed E-state index contributed by atoms with van der Waals surface area (Å²) in [5, 5.41) is 17.1. The molecule has 0 saturated heterocycles. The van der Waals surface area contributed by atoms with Crippen LogP contribution in [0, 0.1) is 0 Å². The highest BCUT2D eigenvalue weighted by Crippen LogP contribution is 2.19. The van der Waals surface area contributed by atoms with Crippen LogP contribution in [-0.2, 0) is 11.3 Å². The van der Waals surface area contributed by atoms with Gasteiger partial charge in [-0.25, -0.2) is 15.1 Å². The number of benzene rings is 1. The average Bonchev–Trinajstić information content (AvgIpc) is 2.86. The number of hydrazone groups is 1. The molecule has 1 aromatic heterocycles. The van der Waals surface area contributed by atoms with Crippen molar-refractivity contribution in [3.05, 3.63) is 40.9 Å². The summed E-state index contributed by atoms with van der Waals surface area (Å²) in [6, 6.07) is 4.92. The second-order valence-corrected chi connectivity index (χ2v) is 4.51. The van der Waals surface area contributed by atoms with Gasteiger partial charge in [0.05, 0.1) is 6.21 Å². The van der Waals surface area contributed by atoms with Gasteiger partial charge in [0.25, 0.3) is 5.91 Å². The lowest BCUT2D eigenvalue weighted by Crippen LogP contribution is -2.23. The van der Waals surface area contributed by atoms with Crippen molar-refractivity contribution < 1.29 is 9.90 Å². The molecule has 0 saturated carbocycles. The minimum absolute atomic E-state index is 0.0296. The third-order valence-corrected chi connectivity index (χ3v) is 2.65. The summed E-state index contributed by atoms with van der Waals surface area (Å²) in [6.07, 6.45) is 4.14. The molecule has 0 unspecified atom stereocenters. The topological polar surface area (TPSA) is 92.4 Å². The van der Waals surface area contributed by atoms with E-state index in [4.69, 9.17) is 0 Å². The van der Waals surface area contributed by atoms with Crippen LogP contribution in [0.3, 0.4) is 0 Å². The molecule has 0 spiro atoms. The highest BCUT2D eigenvalue weighted by molar-refractivity contribution is 9.10. The number of aromatic nitrogens is 3. The van der Waals surface area contributed by atoms with Crippen molar-refractivity contribution in [2.24, 2.45) is 5.10 Å². The Balaban J connectivity index is 1.92. The number of nitrogens with one attached hydrogen (secondary N) is 1. The van der Waals surface area contributed by atoms with E-state index in [9.17, 15) is 9.90 Å². The third-order valence-electron chi connectivity index (χ3n) is 2.15. The molecule has 0 atom stereocenters. The monoisotopic (exact) mass is 323 g/mol. The summed E-state index contributed by atoms with van der Waals surface area (Å²) in [7, 11) is 0. The molecule has 2 rings (SSSR count). The predicted molar refractivity (Wildman–Crippen MR) is 71.6 cm³/mol. The van der Waals surface area contributed by atoms with Gasteiger partial charge in [0.2, 0.25) is 0 Å². The minimum atomic E-state index is -0.337. The zero-order valence-electron chi connectivity index (χ0n) is 9.69. The van der Waals surface area contributed by atoms with Gasteiger partial charge in [-0.2, -0.15) is 10.2 Å². The number of amides is 1. The molecule has 0 aliphatic rings. The first-order chi connectivity index (χ1) is 9.15. The van der Waals surface area contributed by atoms with E-state index in [1.54, 1.807) is 12.1 Å². The minimum Gasteiger partial charge on any atom is -0.507 e. The number of phenolic OH excluding ortho intramolecular Hbond substituents is 1. The first-order valence-electron chi connectivity index (χ1n) is 5.28. The Morgan fingerprint density at radius 3 is 3.16 bits per heavy atom. The Hall–Kier alpha value is -2.22. The fourth-order valence-corrected chi connectivity index (χ4v) is 1.68. The Labute approximate surface area is 117 Å². The SMILES string of the molecule is O=C(Cn1cncn1)NN=Cc1cc(Br)ccc1O. The second kappa shape index (κ2) is 6.10. The van der Waals surface area contributed by atoms with Crippen LogP contribution in [0.2, 0.25) is 0 Å². The van der Waals surface area contributed by atoms with Gasteiger partial charge >= 0.3 is 0 Å². The number of rotatable bonds is 4. The molecule has 0 aliphatic carbocycles. The summed E-state index contributed by atoms with van der Waals surface area (Å²) >= 11 is 3.28. The van der Waals surface area contributed by atoms with Crippen LogP contribution in [-0.4, -0.2) is 32.0 Å². The zero-order chi connectivity index (χ0) is 13.7. The number of carbonyl (C=O) groups is 1. The third kappa shape index (κ3) is 3.88. The number of carbonyl (C=O) groups excluding carboxylic acids is 1. The van der Waals surface area contributed by atoms with Crippen LogP contribution in [0.15, 0.2) is 40.4 Å². The molecule has 8 heteroatoms. The normalized spacial score (nSPS) is 10.8. The standard InChI is InChI=1S/C11H10BrN5O2/c12-9-1-2-10(18)8(3-9)4-14-16-11(19)5-17-7-13-6-15-17/h1-4,6-7,18H,5H2,(H,16,19). The molecule has 1 amide bonds. The van der Waals surface area contributed by atoms with Gasteiger partial charge in [-0.3, -0.25) is 4.79 Å². The van der Waals surface area contributed by atoms with Crippen molar-refractivity contribution in [2.75, 3.05) is 0 Å². The van der Waals surface area contributed by atoms with Crippen molar-refractivity contribution in [2.45, 2.75) is 6.54 Å². The average molecular weight is 324 g/mol. The largest absolute Gasteiger partial charge is 0.507 e. The van der Waals surface area contributed by atoms with Crippen LogP contribution in [0.5, 0.6) is 5.75 Å². The van der Waals surface area contributed by atoms with Crippen LogP contribution >= 0.6 is 15.9 Å². The summed E-state index contributed by atoms with van der Waals surface area (Å²) in [4.78, 5) is 15.2. The lowest BCUT2D eigenvalue weighted by molar-refractivity contribution is -0.121. The number of hydrogen-bond donors (Lipinski definition) is 2. The number of aromatic hydroxyl groups is 1. The van der Waals surface area contributed by atoms with Gasteiger partial charge in [0.15, 0.2) is 0 Å². The smallest absolute Gasteiger partial charge is 0.261 e. The number of phenols is 1. The first kappa shape index (κ1) is 13.2. The molecule has 2 aromatic rings. The van der Waals surface area contributed by atoms with Crippen LogP contribution in [0.4, 0.5) is 0 Å². The van der Waals surface area contributed by atoms with E-state index in [0.29, 0.717) is 5.56 Å². The molecule has 0 aliphatic heterocycles. The fourth-order valence-electron chi connectivity index (χ4n) is 1.30. The molecule has 2 N–H and O–H groups in total. The van der Waals surface area contributed by atoms with Crippen LogP contribution < -0.4 is 5.43 Å². The summed E-state index contributed by atoms with van der Waals surface area (Å²) < 4.78 is 2.18.